The number of carbonyl (C=O) groups excluding carboxylic acids is 2. The lowest BCUT2D eigenvalue weighted by molar-refractivity contribution is -0.121. The second-order valence-electron chi connectivity index (χ2n) is 6.57. The molecule has 144 valence electrons. The number of anilines is 1. The third-order valence-electron chi connectivity index (χ3n) is 4.51. The molecule has 2 amide bonds. The average Bonchev–Trinajstić information content (AvgIpc) is 3.22. The molecule has 2 aromatic rings. The maximum Gasteiger partial charge on any atom is 0.261 e. The highest BCUT2D eigenvalue weighted by Crippen LogP contribution is 2.13. The molecule has 1 aliphatic rings. The lowest BCUT2D eigenvalue weighted by Gasteiger charge is -2.33. The molecular weight excluding hydrogens is 362 g/mol. The summed E-state index contributed by atoms with van der Waals surface area (Å²) < 4.78 is 0. The zero-order valence-electron chi connectivity index (χ0n) is 15.5. The van der Waals surface area contributed by atoms with E-state index in [1.54, 1.807) is 6.07 Å². The number of nitrogens with one attached hydrogen (secondary N) is 2. The van der Waals surface area contributed by atoms with Crippen molar-refractivity contribution in [3.05, 3.63) is 46.3 Å². The summed E-state index contributed by atoms with van der Waals surface area (Å²) >= 11 is 1.38. The Balaban J connectivity index is 1.36. The lowest BCUT2D eigenvalue weighted by Crippen LogP contribution is -2.44. The molecule has 2 aromatic heterocycles. The first-order valence-corrected chi connectivity index (χ1v) is 9.96. The first-order chi connectivity index (χ1) is 13.1. The zero-order valence-corrected chi connectivity index (χ0v) is 16.3. The maximum absolute atomic E-state index is 11.9. The molecule has 1 aliphatic heterocycles. The molecule has 0 aromatic carbocycles. The van der Waals surface area contributed by atoms with Crippen LogP contribution < -0.4 is 15.5 Å². The van der Waals surface area contributed by atoms with Gasteiger partial charge in [-0.2, -0.15) is 0 Å². The van der Waals surface area contributed by atoms with Crippen molar-refractivity contribution < 1.29 is 9.59 Å². The van der Waals surface area contributed by atoms with E-state index in [-0.39, 0.29) is 18.2 Å². The zero-order chi connectivity index (χ0) is 19.1. The third kappa shape index (κ3) is 5.77. The van der Waals surface area contributed by atoms with Crippen molar-refractivity contribution in [2.24, 2.45) is 0 Å². The highest BCUT2D eigenvalue weighted by atomic mass is 32.1. The molecule has 0 spiro atoms. The van der Waals surface area contributed by atoms with Crippen LogP contribution in [0.4, 0.5) is 5.82 Å². The van der Waals surface area contributed by atoms with Crippen LogP contribution in [0.25, 0.3) is 0 Å². The first kappa shape index (κ1) is 19.3. The minimum Gasteiger partial charge on any atom is -0.354 e. The Morgan fingerprint density at radius 1 is 1.15 bits per heavy atom. The number of rotatable bonds is 7. The normalized spacial score (nSPS) is 14.8. The van der Waals surface area contributed by atoms with Crippen molar-refractivity contribution in [1.82, 2.24) is 20.5 Å². The van der Waals surface area contributed by atoms with Gasteiger partial charge in [-0.05, 0) is 30.1 Å². The molecule has 3 heterocycles. The Morgan fingerprint density at radius 2 is 1.96 bits per heavy atom. The van der Waals surface area contributed by atoms with Crippen LogP contribution in [0.2, 0.25) is 0 Å². The largest absolute Gasteiger partial charge is 0.354 e. The molecule has 0 radical (unpaired) electrons. The van der Waals surface area contributed by atoms with Gasteiger partial charge < -0.3 is 20.4 Å². The van der Waals surface area contributed by atoms with E-state index in [0.717, 1.165) is 37.6 Å². The van der Waals surface area contributed by atoms with E-state index < -0.39 is 0 Å². The van der Waals surface area contributed by atoms with Crippen LogP contribution in [-0.2, 0) is 11.3 Å². The quantitative estimate of drug-likeness (QED) is 0.750. The van der Waals surface area contributed by atoms with Crippen LogP contribution in [-0.4, -0.2) is 61.5 Å². The maximum atomic E-state index is 11.9. The van der Waals surface area contributed by atoms with Crippen molar-refractivity contribution in [1.29, 1.82) is 0 Å². The molecule has 2 N–H and O–H groups in total. The predicted molar refractivity (Wildman–Crippen MR) is 107 cm³/mol. The van der Waals surface area contributed by atoms with Gasteiger partial charge in [0.25, 0.3) is 5.91 Å². The second-order valence-corrected chi connectivity index (χ2v) is 7.52. The van der Waals surface area contributed by atoms with Gasteiger partial charge in [-0.15, -0.1) is 11.3 Å². The van der Waals surface area contributed by atoms with E-state index in [4.69, 9.17) is 0 Å². The molecule has 27 heavy (non-hydrogen) atoms. The van der Waals surface area contributed by atoms with Crippen molar-refractivity contribution in [3.63, 3.8) is 0 Å². The average molecular weight is 388 g/mol. The minimum atomic E-state index is -0.138. The van der Waals surface area contributed by atoms with Crippen LogP contribution >= 0.6 is 11.3 Å². The third-order valence-corrected chi connectivity index (χ3v) is 5.38. The van der Waals surface area contributed by atoms with Crippen LogP contribution in [0.15, 0.2) is 35.8 Å². The van der Waals surface area contributed by atoms with E-state index in [2.05, 4.69) is 32.5 Å². The van der Waals surface area contributed by atoms with Crippen LogP contribution in [0.1, 0.15) is 21.7 Å². The van der Waals surface area contributed by atoms with Gasteiger partial charge in [-0.1, -0.05) is 12.1 Å². The van der Waals surface area contributed by atoms with Gasteiger partial charge in [0.05, 0.1) is 4.88 Å². The molecule has 0 aliphatic carbocycles. The Hall–Kier alpha value is -2.45. The fraction of sp³-hybridized carbons (Fsp3) is 0.421. The van der Waals surface area contributed by atoms with Crippen molar-refractivity contribution in [3.8, 4) is 0 Å². The molecule has 0 bridgehead atoms. The molecule has 8 heteroatoms. The number of piperazine rings is 1. The predicted octanol–water partition coefficient (Wildman–Crippen LogP) is 1.33. The molecule has 0 atom stereocenters. The van der Waals surface area contributed by atoms with Gasteiger partial charge in [0.1, 0.15) is 5.82 Å². The number of nitrogens with zero attached hydrogens (tertiary/aromatic N) is 3. The minimum absolute atomic E-state index is 0.0929. The number of hydrogen-bond acceptors (Lipinski definition) is 6. The van der Waals surface area contributed by atoms with Crippen LogP contribution in [0.5, 0.6) is 0 Å². The Bertz CT molecular complexity index is 740. The Morgan fingerprint density at radius 3 is 2.63 bits per heavy atom. The van der Waals surface area contributed by atoms with E-state index >= 15 is 0 Å². The first-order valence-electron chi connectivity index (χ1n) is 9.08. The number of aromatic nitrogens is 1. The molecule has 3 rings (SSSR count). The highest BCUT2D eigenvalue weighted by Gasteiger charge is 2.15. The molecule has 0 saturated carbocycles. The summed E-state index contributed by atoms with van der Waals surface area (Å²) in [5.74, 6) is 0.751. The number of amides is 2. The number of likely N-dealkylation sites (N-methyl/N-ethyl adjacent to an activating group) is 1. The number of pyridine rings is 1. The van der Waals surface area contributed by atoms with Crippen LogP contribution in [0.3, 0.4) is 0 Å². The summed E-state index contributed by atoms with van der Waals surface area (Å²) in [5, 5.41) is 7.47. The summed E-state index contributed by atoms with van der Waals surface area (Å²) in [5.41, 5.74) is 0.962. The molecule has 1 fully saturated rings. The van der Waals surface area contributed by atoms with Gasteiger partial charge in [0.15, 0.2) is 0 Å². The lowest BCUT2D eigenvalue weighted by atomic mass is 10.2. The summed E-state index contributed by atoms with van der Waals surface area (Å²) in [6.07, 6.45) is 2.07. The summed E-state index contributed by atoms with van der Waals surface area (Å²) in [7, 11) is 2.13. The number of thiophene rings is 1. The monoisotopic (exact) mass is 387 g/mol. The smallest absolute Gasteiger partial charge is 0.261 e. The topological polar surface area (TPSA) is 77.6 Å². The molecular formula is C19H25N5O2S. The number of hydrogen-bond donors (Lipinski definition) is 2. The van der Waals surface area contributed by atoms with Gasteiger partial charge in [0, 0.05) is 51.9 Å². The summed E-state index contributed by atoms with van der Waals surface area (Å²) in [6, 6.07) is 7.60. The van der Waals surface area contributed by atoms with E-state index in [1.165, 1.54) is 11.3 Å². The van der Waals surface area contributed by atoms with Crippen molar-refractivity contribution in [2.45, 2.75) is 13.0 Å². The molecule has 1 saturated heterocycles. The fourth-order valence-electron chi connectivity index (χ4n) is 2.82. The fourth-order valence-corrected chi connectivity index (χ4v) is 3.46. The van der Waals surface area contributed by atoms with Crippen molar-refractivity contribution >= 4 is 29.0 Å². The number of carbonyl (C=O) groups is 2. The molecule has 0 unspecified atom stereocenters. The Labute approximate surface area is 163 Å². The van der Waals surface area contributed by atoms with Gasteiger partial charge in [-0.3, -0.25) is 9.59 Å². The van der Waals surface area contributed by atoms with Crippen molar-refractivity contribution in [2.75, 3.05) is 44.7 Å². The van der Waals surface area contributed by atoms with E-state index in [1.807, 2.05) is 29.8 Å². The van der Waals surface area contributed by atoms with Gasteiger partial charge >= 0.3 is 0 Å². The molecule has 7 nitrogen and oxygen atoms in total. The van der Waals surface area contributed by atoms with Gasteiger partial charge in [-0.25, -0.2) is 4.98 Å². The van der Waals surface area contributed by atoms with E-state index in [9.17, 15) is 9.59 Å². The van der Waals surface area contributed by atoms with Gasteiger partial charge in [0.2, 0.25) is 5.91 Å². The Kier molecular flexibility index (Phi) is 6.78. The highest BCUT2D eigenvalue weighted by molar-refractivity contribution is 7.12. The summed E-state index contributed by atoms with van der Waals surface area (Å²) in [6.45, 7) is 4.81. The second kappa shape index (κ2) is 9.48. The van der Waals surface area contributed by atoms with E-state index in [0.29, 0.717) is 18.0 Å². The standard InChI is InChI=1S/C19H25N5O2S/c1-23-8-10-24(11-9-23)17-5-4-15(13-21-17)14-22-18(25)6-7-20-19(26)16-3-2-12-27-16/h2-5,12-13H,6-11,14H2,1H3,(H,20,26)(H,22,25). The van der Waals surface area contributed by atoms with Crippen LogP contribution in [0, 0.1) is 0 Å². The summed E-state index contributed by atoms with van der Waals surface area (Å²) in [4.78, 5) is 33.5. The SMILES string of the molecule is CN1CCN(c2ccc(CNC(=O)CCNC(=O)c3cccs3)cn2)CC1.